The molecule has 0 unspecified atom stereocenters. The number of phenols is 1. The molecule has 0 saturated carbocycles. The standard InChI is InChI=1S/C24H32O11/c1-2-13-11-33-23(31)16(12-34-24-22(30)21(29)20(28)18(10-25)35-24)15(13)9-19(27)32-8-7-14-5-3-4-6-17(14)26/h2-6,15-16,18,20-22,24-26,28-30H,7-12H2,1H3/b13-2+/t15-,16-,18+,20+,21-,22+,24+/m0/s1. The van der Waals surface area contributed by atoms with Crippen LogP contribution in [0, 0.1) is 11.8 Å². The second kappa shape index (κ2) is 12.4. The third kappa shape index (κ3) is 6.57. The van der Waals surface area contributed by atoms with Crippen LogP contribution >= 0.6 is 0 Å². The molecule has 1 aromatic rings. The van der Waals surface area contributed by atoms with Crippen LogP contribution in [0.15, 0.2) is 35.9 Å². The van der Waals surface area contributed by atoms with Gasteiger partial charge in [-0.1, -0.05) is 24.3 Å². The molecular formula is C24H32O11. The second-order valence-electron chi connectivity index (χ2n) is 8.52. The van der Waals surface area contributed by atoms with Gasteiger partial charge in [-0.2, -0.15) is 0 Å². The number of carbonyl (C=O) groups excluding carboxylic acids is 2. The van der Waals surface area contributed by atoms with Crippen molar-refractivity contribution >= 4 is 11.9 Å². The Labute approximate surface area is 202 Å². The Balaban J connectivity index is 1.61. The van der Waals surface area contributed by atoms with Crippen molar-refractivity contribution in [2.45, 2.75) is 50.5 Å². The Hall–Kier alpha value is -2.54. The number of para-hydroxylation sites is 1. The van der Waals surface area contributed by atoms with Gasteiger partial charge in [0.15, 0.2) is 6.29 Å². The summed E-state index contributed by atoms with van der Waals surface area (Å²) in [5, 5.41) is 49.2. The largest absolute Gasteiger partial charge is 0.508 e. The van der Waals surface area contributed by atoms with Crippen LogP contribution in [-0.4, -0.2) is 94.6 Å². The number of hydrogen-bond donors (Lipinski definition) is 5. The molecule has 1 aromatic carbocycles. The molecule has 0 aliphatic carbocycles. The van der Waals surface area contributed by atoms with Crippen LogP contribution in [0.3, 0.4) is 0 Å². The molecule has 2 aliphatic heterocycles. The first-order valence-corrected chi connectivity index (χ1v) is 11.4. The summed E-state index contributed by atoms with van der Waals surface area (Å²) in [5.41, 5.74) is 1.34. The molecule has 11 heteroatoms. The molecule has 0 bridgehead atoms. The van der Waals surface area contributed by atoms with E-state index in [4.69, 9.17) is 18.9 Å². The normalized spacial score (nSPS) is 32.3. The lowest BCUT2D eigenvalue weighted by atomic mass is 9.82. The monoisotopic (exact) mass is 496 g/mol. The zero-order valence-corrected chi connectivity index (χ0v) is 19.4. The minimum absolute atomic E-state index is 0.0156. The molecule has 11 nitrogen and oxygen atoms in total. The molecule has 0 radical (unpaired) electrons. The number of esters is 2. The molecular weight excluding hydrogens is 464 g/mol. The lowest BCUT2D eigenvalue weighted by molar-refractivity contribution is -0.303. The number of allylic oxidation sites excluding steroid dienone is 1. The van der Waals surface area contributed by atoms with Crippen molar-refractivity contribution in [1.82, 2.24) is 0 Å². The summed E-state index contributed by atoms with van der Waals surface area (Å²) in [6, 6.07) is 6.73. The van der Waals surface area contributed by atoms with Gasteiger partial charge in [0, 0.05) is 12.3 Å². The second-order valence-corrected chi connectivity index (χ2v) is 8.52. The van der Waals surface area contributed by atoms with E-state index in [2.05, 4.69) is 0 Å². The van der Waals surface area contributed by atoms with Crippen molar-refractivity contribution in [3.05, 3.63) is 41.5 Å². The Morgan fingerprint density at radius 2 is 1.89 bits per heavy atom. The van der Waals surface area contributed by atoms with Gasteiger partial charge >= 0.3 is 11.9 Å². The van der Waals surface area contributed by atoms with E-state index in [0.717, 1.165) is 0 Å². The predicted molar refractivity (Wildman–Crippen MR) is 119 cm³/mol. The molecule has 3 rings (SSSR count). The number of carbonyl (C=O) groups is 2. The minimum atomic E-state index is -1.62. The Bertz CT molecular complexity index is 899. The highest BCUT2D eigenvalue weighted by Gasteiger charge is 2.45. The van der Waals surface area contributed by atoms with Crippen LogP contribution in [0.2, 0.25) is 0 Å². The van der Waals surface area contributed by atoms with Gasteiger partial charge in [-0.3, -0.25) is 9.59 Å². The summed E-state index contributed by atoms with van der Waals surface area (Å²) >= 11 is 0. The quantitative estimate of drug-likeness (QED) is 0.219. The van der Waals surface area contributed by atoms with Crippen LogP contribution in [-0.2, 0) is 35.0 Å². The maximum atomic E-state index is 12.6. The highest BCUT2D eigenvalue weighted by Crippen LogP contribution is 2.32. The van der Waals surface area contributed by atoms with E-state index in [1.807, 2.05) is 0 Å². The maximum Gasteiger partial charge on any atom is 0.312 e. The van der Waals surface area contributed by atoms with E-state index in [0.29, 0.717) is 17.6 Å². The van der Waals surface area contributed by atoms with Crippen LogP contribution < -0.4 is 0 Å². The first-order chi connectivity index (χ1) is 16.8. The highest BCUT2D eigenvalue weighted by atomic mass is 16.7. The van der Waals surface area contributed by atoms with Crippen molar-refractivity contribution in [3.8, 4) is 5.75 Å². The number of hydrogen-bond acceptors (Lipinski definition) is 11. The summed E-state index contributed by atoms with van der Waals surface area (Å²) < 4.78 is 21.4. The number of aliphatic hydroxyl groups is 4. The molecule has 2 aliphatic rings. The number of cyclic esters (lactones) is 1. The smallest absolute Gasteiger partial charge is 0.312 e. The van der Waals surface area contributed by atoms with Gasteiger partial charge in [-0.25, -0.2) is 0 Å². The van der Waals surface area contributed by atoms with Gasteiger partial charge in [-0.05, 0) is 24.1 Å². The van der Waals surface area contributed by atoms with Gasteiger partial charge in [-0.15, -0.1) is 0 Å². The number of ether oxygens (including phenoxy) is 4. The van der Waals surface area contributed by atoms with E-state index in [-0.39, 0.29) is 32.0 Å². The van der Waals surface area contributed by atoms with Crippen molar-refractivity contribution in [2.75, 3.05) is 26.4 Å². The number of aliphatic hydroxyl groups excluding tert-OH is 4. The van der Waals surface area contributed by atoms with Crippen molar-refractivity contribution in [1.29, 1.82) is 0 Å². The Morgan fingerprint density at radius 1 is 1.14 bits per heavy atom. The summed E-state index contributed by atoms with van der Waals surface area (Å²) in [6.45, 7) is 0.885. The first kappa shape index (κ1) is 27.1. The first-order valence-electron chi connectivity index (χ1n) is 11.4. The van der Waals surface area contributed by atoms with Gasteiger partial charge < -0.3 is 44.5 Å². The van der Waals surface area contributed by atoms with E-state index >= 15 is 0 Å². The fraction of sp³-hybridized carbons (Fsp3) is 0.583. The summed E-state index contributed by atoms with van der Waals surface area (Å²) in [6.07, 6.45) is -5.41. The lowest BCUT2D eigenvalue weighted by Gasteiger charge is -2.40. The third-order valence-corrected chi connectivity index (χ3v) is 6.32. The molecule has 2 fully saturated rings. The predicted octanol–water partition coefficient (Wildman–Crippen LogP) is -0.580. The Morgan fingerprint density at radius 3 is 2.57 bits per heavy atom. The molecule has 2 heterocycles. The zero-order chi connectivity index (χ0) is 25.5. The fourth-order valence-corrected chi connectivity index (χ4v) is 4.19. The van der Waals surface area contributed by atoms with Gasteiger partial charge in [0.1, 0.15) is 36.8 Å². The van der Waals surface area contributed by atoms with E-state index in [1.165, 1.54) is 0 Å². The molecule has 0 amide bonds. The van der Waals surface area contributed by atoms with Crippen LogP contribution in [0.5, 0.6) is 5.75 Å². The molecule has 0 aromatic heterocycles. The van der Waals surface area contributed by atoms with Crippen molar-refractivity contribution in [3.63, 3.8) is 0 Å². The average molecular weight is 497 g/mol. The molecule has 0 spiro atoms. The fourth-order valence-electron chi connectivity index (χ4n) is 4.19. The molecule has 7 atom stereocenters. The summed E-state index contributed by atoms with van der Waals surface area (Å²) in [5.74, 6) is -2.55. The van der Waals surface area contributed by atoms with Gasteiger partial charge in [0.05, 0.1) is 32.2 Å². The minimum Gasteiger partial charge on any atom is -0.508 e. The van der Waals surface area contributed by atoms with Crippen LogP contribution in [0.25, 0.3) is 0 Å². The van der Waals surface area contributed by atoms with Gasteiger partial charge in [0.25, 0.3) is 0 Å². The molecule has 2 saturated heterocycles. The number of benzene rings is 1. The van der Waals surface area contributed by atoms with Crippen molar-refractivity contribution < 1.29 is 54.1 Å². The highest BCUT2D eigenvalue weighted by molar-refractivity contribution is 5.77. The van der Waals surface area contributed by atoms with E-state index < -0.39 is 61.1 Å². The SMILES string of the molecule is C/C=C1\COC(=O)[C@@H](CO[C@@H]2O[C@H](CO)[C@@H](O)[C@H](O)[C@H]2O)[C@H]1CC(=O)OCCc1ccccc1O. The molecule has 5 N–H and O–H groups in total. The number of phenolic OH excluding ortho intramolecular Hbond substituents is 1. The Kier molecular flexibility index (Phi) is 9.61. The van der Waals surface area contributed by atoms with E-state index in [1.54, 1.807) is 37.3 Å². The number of aromatic hydroxyl groups is 1. The van der Waals surface area contributed by atoms with Gasteiger partial charge in [0.2, 0.25) is 0 Å². The lowest BCUT2D eigenvalue weighted by Crippen LogP contribution is -2.59. The average Bonchev–Trinajstić information content (AvgIpc) is 2.84. The number of rotatable bonds is 9. The molecule has 35 heavy (non-hydrogen) atoms. The maximum absolute atomic E-state index is 12.6. The zero-order valence-electron chi connectivity index (χ0n) is 19.4. The third-order valence-electron chi connectivity index (χ3n) is 6.32. The van der Waals surface area contributed by atoms with E-state index in [9.17, 15) is 35.1 Å². The summed E-state index contributed by atoms with van der Waals surface area (Å²) in [4.78, 5) is 25.1. The topological polar surface area (TPSA) is 172 Å². The summed E-state index contributed by atoms with van der Waals surface area (Å²) in [7, 11) is 0. The molecule has 194 valence electrons. The van der Waals surface area contributed by atoms with Crippen molar-refractivity contribution in [2.24, 2.45) is 11.8 Å². The van der Waals surface area contributed by atoms with Crippen LogP contribution in [0.4, 0.5) is 0 Å². The van der Waals surface area contributed by atoms with Crippen LogP contribution in [0.1, 0.15) is 18.9 Å².